The molecule has 1 aromatic heterocycles. The first-order valence-electron chi connectivity index (χ1n) is 4.77. The van der Waals surface area contributed by atoms with Gasteiger partial charge in [0.05, 0.1) is 15.1 Å². The van der Waals surface area contributed by atoms with Crippen LogP contribution in [0.4, 0.5) is 0 Å². The number of halogens is 2. The molecule has 90 valence electrons. The summed E-state index contributed by atoms with van der Waals surface area (Å²) in [5, 5.41) is 1.87. The Kier molecular flexibility index (Phi) is 6.64. The lowest BCUT2D eigenvalue weighted by Gasteiger charge is -2.20. The third kappa shape index (κ3) is 4.20. The van der Waals surface area contributed by atoms with Crippen molar-refractivity contribution in [2.45, 2.75) is 0 Å². The molecule has 16 heavy (non-hydrogen) atoms. The Bertz CT molecular complexity index is 345. The summed E-state index contributed by atoms with van der Waals surface area (Å²) in [4.78, 5) is 13.8. The van der Waals surface area contributed by atoms with E-state index in [9.17, 15) is 4.79 Å². The van der Waals surface area contributed by atoms with Gasteiger partial charge in [-0.1, -0.05) is 0 Å². The number of nitrogens with zero attached hydrogens (tertiary/aromatic N) is 1. The monoisotopic (exact) mass is 373 g/mol. The van der Waals surface area contributed by atoms with Crippen LogP contribution in [0.25, 0.3) is 0 Å². The van der Waals surface area contributed by atoms with E-state index < -0.39 is 0 Å². The quantitative estimate of drug-likeness (QED) is 0.567. The van der Waals surface area contributed by atoms with Crippen LogP contribution < -0.4 is 0 Å². The summed E-state index contributed by atoms with van der Waals surface area (Å²) in [7, 11) is 1.62. The third-order valence-corrected chi connectivity index (χ3v) is 3.98. The Hall–Kier alpha value is 0.150. The molecule has 0 aliphatic rings. The lowest BCUT2D eigenvalue weighted by Crippen LogP contribution is -2.35. The number of carbonyl (C=O) groups is 1. The highest BCUT2D eigenvalue weighted by Gasteiger charge is 2.16. The summed E-state index contributed by atoms with van der Waals surface area (Å²) in [6.07, 6.45) is 0. The molecule has 3 nitrogen and oxygen atoms in total. The van der Waals surface area contributed by atoms with Gasteiger partial charge in [0.2, 0.25) is 0 Å². The molecule has 0 aromatic carbocycles. The maximum atomic E-state index is 12.1. The fourth-order valence-corrected chi connectivity index (χ4v) is 2.75. The van der Waals surface area contributed by atoms with Gasteiger partial charge in [-0.3, -0.25) is 4.79 Å². The molecule has 0 fully saturated rings. The first-order valence-corrected chi connectivity index (χ1v) is 7.26. The second kappa shape index (κ2) is 7.47. The molecule has 0 aliphatic carbocycles. The normalized spacial score (nSPS) is 10.4. The summed E-state index contributed by atoms with van der Waals surface area (Å²) in [5.41, 5.74) is 0.732. The molecule has 1 amide bonds. The topological polar surface area (TPSA) is 29.5 Å². The molecule has 0 bridgehead atoms. The van der Waals surface area contributed by atoms with E-state index in [1.807, 2.05) is 11.4 Å². The predicted octanol–water partition coefficient (Wildman–Crippen LogP) is 2.68. The van der Waals surface area contributed by atoms with Crippen LogP contribution in [0.2, 0.25) is 0 Å². The van der Waals surface area contributed by atoms with Gasteiger partial charge < -0.3 is 9.64 Å². The van der Waals surface area contributed by atoms with E-state index in [2.05, 4.69) is 22.6 Å². The van der Waals surface area contributed by atoms with Crippen LogP contribution in [0, 0.1) is 2.88 Å². The van der Waals surface area contributed by atoms with Gasteiger partial charge in [0.25, 0.3) is 5.91 Å². The standard InChI is InChI=1S/C10H13ClINO2S/c1-15-5-4-13(3-2-11)10(14)8-6-9(12)16-7-8/h6-7H,2-5H2,1H3. The van der Waals surface area contributed by atoms with Crippen molar-refractivity contribution in [2.75, 3.05) is 32.7 Å². The minimum absolute atomic E-state index is 0.0249. The van der Waals surface area contributed by atoms with E-state index in [1.165, 1.54) is 0 Å². The molecule has 0 radical (unpaired) electrons. The molecule has 0 atom stereocenters. The van der Waals surface area contributed by atoms with Crippen molar-refractivity contribution in [2.24, 2.45) is 0 Å². The minimum atomic E-state index is 0.0249. The number of thiophene rings is 1. The minimum Gasteiger partial charge on any atom is -0.383 e. The second-order valence-electron chi connectivity index (χ2n) is 3.11. The van der Waals surface area contributed by atoms with Gasteiger partial charge in [-0.2, -0.15) is 0 Å². The van der Waals surface area contributed by atoms with Crippen molar-refractivity contribution >= 4 is 51.4 Å². The highest BCUT2D eigenvalue weighted by Crippen LogP contribution is 2.18. The Morgan fingerprint density at radius 1 is 1.62 bits per heavy atom. The number of amides is 1. The highest BCUT2D eigenvalue weighted by molar-refractivity contribution is 14.1. The van der Waals surface area contributed by atoms with Crippen LogP contribution in [-0.2, 0) is 4.74 Å². The van der Waals surface area contributed by atoms with Crippen molar-refractivity contribution in [1.82, 2.24) is 4.90 Å². The number of ether oxygens (including phenoxy) is 1. The largest absolute Gasteiger partial charge is 0.383 e. The van der Waals surface area contributed by atoms with Gasteiger partial charge in [-0.15, -0.1) is 22.9 Å². The summed E-state index contributed by atoms with van der Waals surface area (Å²) >= 11 is 9.45. The smallest absolute Gasteiger partial charge is 0.254 e. The fourth-order valence-electron chi connectivity index (χ4n) is 1.22. The Morgan fingerprint density at radius 2 is 2.38 bits per heavy atom. The maximum absolute atomic E-state index is 12.1. The van der Waals surface area contributed by atoms with E-state index in [-0.39, 0.29) is 5.91 Å². The van der Waals surface area contributed by atoms with Crippen molar-refractivity contribution in [3.05, 3.63) is 19.9 Å². The van der Waals surface area contributed by atoms with E-state index in [0.29, 0.717) is 25.6 Å². The van der Waals surface area contributed by atoms with Crippen LogP contribution in [0.1, 0.15) is 10.4 Å². The van der Waals surface area contributed by atoms with Gasteiger partial charge in [0, 0.05) is 31.5 Å². The molecule has 0 N–H and O–H groups in total. The molecule has 0 aliphatic heterocycles. The number of alkyl halides is 1. The van der Waals surface area contributed by atoms with Crippen LogP contribution in [0.5, 0.6) is 0 Å². The van der Waals surface area contributed by atoms with Gasteiger partial charge >= 0.3 is 0 Å². The number of methoxy groups -OCH3 is 1. The van der Waals surface area contributed by atoms with Crippen LogP contribution in [-0.4, -0.2) is 43.5 Å². The summed E-state index contributed by atoms with van der Waals surface area (Å²) in [6, 6.07) is 1.89. The zero-order valence-electron chi connectivity index (χ0n) is 8.91. The molecule has 1 heterocycles. The number of hydrogen-bond donors (Lipinski definition) is 0. The molecule has 6 heteroatoms. The lowest BCUT2D eigenvalue weighted by atomic mass is 10.3. The van der Waals surface area contributed by atoms with Crippen LogP contribution in [0.3, 0.4) is 0 Å². The summed E-state index contributed by atoms with van der Waals surface area (Å²) in [5.74, 6) is 0.466. The third-order valence-electron chi connectivity index (χ3n) is 2.02. The first-order chi connectivity index (χ1) is 7.69. The van der Waals surface area contributed by atoms with Crippen molar-refractivity contribution in [3.63, 3.8) is 0 Å². The van der Waals surface area contributed by atoms with Gasteiger partial charge in [0.1, 0.15) is 0 Å². The number of carbonyl (C=O) groups excluding carboxylic acids is 1. The maximum Gasteiger partial charge on any atom is 0.254 e. The second-order valence-corrected chi connectivity index (χ2v) is 6.30. The fraction of sp³-hybridized carbons (Fsp3) is 0.500. The van der Waals surface area contributed by atoms with Crippen molar-refractivity contribution in [1.29, 1.82) is 0 Å². The number of hydrogen-bond acceptors (Lipinski definition) is 3. The van der Waals surface area contributed by atoms with Crippen LogP contribution >= 0.6 is 45.5 Å². The SMILES string of the molecule is COCCN(CCCl)C(=O)c1csc(I)c1. The van der Waals surface area contributed by atoms with Crippen LogP contribution in [0.15, 0.2) is 11.4 Å². The molecule has 1 aromatic rings. The Balaban J connectivity index is 2.66. The predicted molar refractivity (Wildman–Crippen MR) is 75.5 cm³/mol. The molecule has 0 spiro atoms. The average Bonchev–Trinajstić information content (AvgIpc) is 2.70. The molecule has 0 saturated heterocycles. The van der Waals surface area contributed by atoms with E-state index in [0.717, 1.165) is 8.45 Å². The summed E-state index contributed by atoms with van der Waals surface area (Å²) in [6.45, 7) is 1.66. The van der Waals surface area contributed by atoms with E-state index in [4.69, 9.17) is 16.3 Å². The van der Waals surface area contributed by atoms with E-state index >= 15 is 0 Å². The molecular formula is C10H13ClINO2S. The van der Waals surface area contributed by atoms with Gasteiger partial charge in [0.15, 0.2) is 0 Å². The Morgan fingerprint density at radius 3 is 2.88 bits per heavy atom. The van der Waals surface area contributed by atoms with Gasteiger partial charge in [-0.05, 0) is 28.7 Å². The zero-order valence-corrected chi connectivity index (χ0v) is 12.6. The first kappa shape index (κ1) is 14.2. The number of rotatable bonds is 6. The molecule has 0 unspecified atom stereocenters. The molecular weight excluding hydrogens is 361 g/mol. The highest BCUT2D eigenvalue weighted by atomic mass is 127. The molecule has 1 rings (SSSR count). The van der Waals surface area contributed by atoms with Gasteiger partial charge in [-0.25, -0.2) is 0 Å². The summed E-state index contributed by atoms with van der Waals surface area (Å²) < 4.78 is 6.08. The lowest BCUT2D eigenvalue weighted by molar-refractivity contribution is 0.0708. The zero-order chi connectivity index (χ0) is 12.0. The average molecular weight is 374 g/mol. The van der Waals surface area contributed by atoms with Crippen molar-refractivity contribution in [3.8, 4) is 0 Å². The molecule has 0 saturated carbocycles. The van der Waals surface area contributed by atoms with Crippen molar-refractivity contribution < 1.29 is 9.53 Å². The Labute approximate surface area is 118 Å². The van der Waals surface area contributed by atoms with E-state index in [1.54, 1.807) is 23.3 Å².